The Labute approximate surface area is 158 Å². The number of carbonyl (C=O) groups excluding carboxylic acids is 2. The van der Waals surface area contributed by atoms with Crippen molar-refractivity contribution in [1.82, 2.24) is 0 Å². The molecular weight excluding hydrogens is 356 g/mol. The molecule has 1 rings (SSSR count). The van der Waals surface area contributed by atoms with Crippen LogP contribution in [0, 0.1) is 0 Å². The normalized spacial score (nSPS) is 12.9. The van der Waals surface area contributed by atoms with Crippen molar-refractivity contribution in [3.63, 3.8) is 0 Å². The molecule has 0 spiro atoms. The van der Waals surface area contributed by atoms with E-state index in [9.17, 15) is 9.59 Å². The van der Waals surface area contributed by atoms with Gasteiger partial charge in [0.05, 0.1) is 31.5 Å². The molecule has 0 aromatic heterocycles. The second-order valence-corrected chi connectivity index (χ2v) is 6.69. The van der Waals surface area contributed by atoms with E-state index in [4.69, 9.17) is 18.9 Å². The highest BCUT2D eigenvalue weighted by atomic mass is 32.2. The lowest BCUT2D eigenvalue weighted by atomic mass is 10.2. The zero-order valence-corrected chi connectivity index (χ0v) is 16.5. The van der Waals surface area contributed by atoms with E-state index in [1.54, 1.807) is 25.3 Å². The molecule has 0 N–H and O–H groups in total. The standard InChI is InChI=1S/C19H26O6S/c1-13(18(20)25-11-15(3)24-10-14(2)22-4)12-26-17-9-7-6-8-16(17)19(21)23-5/h6-9,14-15H,1,10-12H2,2-5H3. The third-order valence-electron chi connectivity index (χ3n) is 3.45. The molecule has 0 saturated heterocycles. The summed E-state index contributed by atoms with van der Waals surface area (Å²) >= 11 is 1.33. The quantitative estimate of drug-likeness (QED) is 0.331. The Morgan fingerprint density at radius 3 is 2.46 bits per heavy atom. The lowest BCUT2D eigenvalue weighted by Crippen LogP contribution is -2.24. The molecule has 6 nitrogen and oxygen atoms in total. The largest absolute Gasteiger partial charge is 0.465 e. The lowest BCUT2D eigenvalue weighted by Gasteiger charge is -2.16. The molecule has 26 heavy (non-hydrogen) atoms. The summed E-state index contributed by atoms with van der Waals surface area (Å²) in [6.07, 6.45) is -0.258. The molecule has 2 atom stereocenters. The molecule has 0 radical (unpaired) electrons. The van der Waals surface area contributed by atoms with Crippen molar-refractivity contribution >= 4 is 23.7 Å². The fourth-order valence-electron chi connectivity index (χ4n) is 1.81. The van der Waals surface area contributed by atoms with Gasteiger partial charge in [0.2, 0.25) is 0 Å². The van der Waals surface area contributed by atoms with Crippen LogP contribution >= 0.6 is 11.8 Å². The Hall–Kier alpha value is -1.83. The first kappa shape index (κ1) is 22.2. The third kappa shape index (κ3) is 7.59. The molecule has 144 valence electrons. The van der Waals surface area contributed by atoms with Gasteiger partial charge in [0.15, 0.2) is 0 Å². The molecule has 2 unspecified atom stereocenters. The monoisotopic (exact) mass is 382 g/mol. The molecule has 0 saturated carbocycles. The van der Waals surface area contributed by atoms with Crippen LogP contribution in [0.4, 0.5) is 0 Å². The van der Waals surface area contributed by atoms with Crippen LogP contribution in [0.15, 0.2) is 41.3 Å². The fraction of sp³-hybridized carbons (Fsp3) is 0.474. The van der Waals surface area contributed by atoms with E-state index in [1.165, 1.54) is 18.9 Å². The van der Waals surface area contributed by atoms with Crippen molar-refractivity contribution in [2.75, 3.05) is 33.2 Å². The van der Waals surface area contributed by atoms with Gasteiger partial charge >= 0.3 is 11.9 Å². The minimum Gasteiger partial charge on any atom is -0.465 e. The van der Waals surface area contributed by atoms with Crippen LogP contribution in [0.3, 0.4) is 0 Å². The molecule has 0 heterocycles. The smallest absolute Gasteiger partial charge is 0.338 e. The molecule has 7 heteroatoms. The first-order valence-electron chi connectivity index (χ1n) is 8.18. The van der Waals surface area contributed by atoms with Crippen molar-refractivity contribution in [2.24, 2.45) is 0 Å². The second kappa shape index (κ2) is 11.7. The number of carbonyl (C=O) groups is 2. The third-order valence-corrected chi connectivity index (χ3v) is 4.61. The van der Waals surface area contributed by atoms with Crippen molar-refractivity contribution in [3.8, 4) is 0 Å². The summed E-state index contributed by atoms with van der Waals surface area (Å²) in [5.74, 6) is -0.594. The molecular formula is C19H26O6S. The molecule has 0 amide bonds. The van der Waals surface area contributed by atoms with Crippen molar-refractivity contribution in [1.29, 1.82) is 0 Å². The molecule has 0 aliphatic rings. The Morgan fingerprint density at radius 1 is 1.12 bits per heavy atom. The maximum atomic E-state index is 12.0. The number of thioether (sulfide) groups is 1. The minimum atomic E-state index is -0.483. The van der Waals surface area contributed by atoms with Gasteiger partial charge in [-0.1, -0.05) is 18.7 Å². The predicted molar refractivity (Wildman–Crippen MR) is 100 cm³/mol. The van der Waals surface area contributed by atoms with Crippen LogP contribution in [-0.4, -0.2) is 57.3 Å². The number of ether oxygens (including phenoxy) is 4. The lowest BCUT2D eigenvalue weighted by molar-refractivity contribution is -0.143. The van der Waals surface area contributed by atoms with Crippen LogP contribution < -0.4 is 0 Å². The number of rotatable bonds is 11. The van der Waals surface area contributed by atoms with Crippen molar-refractivity contribution in [3.05, 3.63) is 42.0 Å². The summed E-state index contributed by atoms with van der Waals surface area (Å²) in [5, 5.41) is 0. The second-order valence-electron chi connectivity index (χ2n) is 5.67. The van der Waals surface area contributed by atoms with Crippen LogP contribution in [-0.2, 0) is 23.7 Å². The van der Waals surface area contributed by atoms with Crippen molar-refractivity contribution in [2.45, 2.75) is 31.0 Å². The van der Waals surface area contributed by atoms with Gasteiger partial charge in [-0.3, -0.25) is 0 Å². The highest BCUT2D eigenvalue weighted by molar-refractivity contribution is 7.99. The van der Waals surface area contributed by atoms with Crippen molar-refractivity contribution < 1.29 is 28.5 Å². The SMILES string of the molecule is C=C(CSc1ccccc1C(=O)OC)C(=O)OCC(C)OCC(C)OC. The average Bonchev–Trinajstić information content (AvgIpc) is 2.67. The van der Waals surface area contributed by atoms with Crippen LogP contribution in [0.1, 0.15) is 24.2 Å². The summed E-state index contributed by atoms with van der Waals surface area (Å²) in [7, 11) is 2.94. The number of benzene rings is 1. The van der Waals surface area contributed by atoms with Crippen LogP contribution in [0.25, 0.3) is 0 Å². The molecule has 0 bridgehead atoms. The van der Waals surface area contributed by atoms with E-state index in [-0.39, 0.29) is 18.8 Å². The summed E-state index contributed by atoms with van der Waals surface area (Å²) in [4.78, 5) is 24.5. The maximum absolute atomic E-state index is 12.0. The summed E-state index contributed by atoms with van der Waals surface area (Å²) in [6.45, 7) is 8.03. The fourth-order valence-corrected chi connectivity index (χ4v) is 2.74. The van der Waals surface area contributed by atoms with E-state index in [1.807, 2.05) is 19.9 Å². The molecule has 0 fully saturated rings. The van der Waals surface area contributed by atoms with E-state index in [0.717, 1.165) is 4.90 Å². The zero-order chi connectivity index (χ0) is 19.5. The van der Waals surface area contributed by atoms with Gasteiger partial charge in [0.1, 0.15) is 6.61 Å². The summed E-state index contributed by atoms with van der Waals surface area (Å²) in [6, 6.07) is 7.04. The Kier molecular flexibility index (Phi) is 10.0. The average molecular weight is 382 g/mol. The van der Waals surface area contributed by atoms with Gasteiger partial charge in [-0.25, -0.2) is 9.59 Å². The van der Waals surface area contributed by atoms with E-state index < -0.39 is 11.9 Å². The number of hydrogen-bond acceptors (Lipinski definition) is 7. The van der Waals surface area contributed by atoms with Crippen LogP contribution in [0.5, 0.6) is 0 Å². The Bertz CT molecular complexity index is 616. The van der Waals surface area contributed by atoms with Gasteiger partial charge in [0.25, 0.3) is 0 Å². The molecule has 1 aromatic carbocycles. The van der Waals surface area contributed by atoms with Gasteiger partial charge in [-0.15, -0.1) is 11.8 Å². The van der Waals surface area contributed by atoms with Gasteiger partial charge < -0.3 is 18.9 Å². The number of hydrogen-bond donors (Lipinski definition) is 0. The topological polar surface area (TPSA) is 71.1 Å². The number of methoxy groups -OCH3 is 2. The molecule has 0 aliphatic heterocycles. The maximum Gasteiger partial charge on any atom is 0.338 e. The predicted octanol–water partition coefficient (Wildman–Crippen LogP) is 3.10. The Morgan fingerprint density at radius 2 is 1.81 bits per heavy atom. The molecule has 0 aliphatic carbocycles. The zero-order valence-electron chi connectivity index (χ0n) is 15.7. The van der Waals surface area contributed by atoms with Gasteiger partial charge in [-0.05, 0) is 26.0 Å². The van der Waals surface area contributed by atoms with Crippen LogP contribution in [0.2, 0.25) is 0 Å². The summed E-state index contributed by atoms with van der Waals surface area (Å²) < 4.78 is 20.6. The Balaban J connectivity index is 2.44. The summed E-state index contributed by atoms with van der Waals surface area (Å²) in [5.41, 5.74) is 0.766. The highest BCUT2D eigenvalue weighted by Gasteiger charge is 2.15. The minimum absolute atomic E-state index is 0.0191. The van der Waals surface area contributed by atoms with Gasteiger partial charge in [0, 0.05) is 23.3 Å². The van der Waals surface area contributed by atoms with Gasteiger partial charge in [-0.2, -0.15) is 0 Å². The molecule has 1 aromatic rings. The van der Waals surface area contributed by atoms with E-state index in [0.29, 0.717) is 23.5 Å². The number of esters is 2. The highest BCUT2D eigenvalue weighted by Crippen LogP contribution is 2.25. The first-order chi connectivity index (χ1) is 12.4. The first-order valence-corrected chi connectivity index (χ1v) is 9.17. The van der Waals surface area contributed by atoms with E-state index in [2.05, 4.69) is 6.58 Å². The van der Waals surface area contributed by atoms with E-state index >= 15 is 0 Å².